The number of hydrogen-bond acceptors (Lipinski definition) is 6. The van der Waals surface area contributed by atoms with E-state index in [1.54, 1.807) is 35.0 Å². The molecule has 48 heavy (non-hydrogen) atoms. The van der Waals surface area contributed by atoms with Crippen molar-refractivity contribution in [2.24, 2.45) is 0 Å². The van der Waals surface area contributed by atoms with Crippen LogP contribution in [0, 0.1) is 27.7 Å². The second kappa shape index (κ2) is 16.3. The molecule has 5 aromatic rings. The van der Waals surface area contributed by atoms with Gasteiger partial charge in [0.05, 0.1) is 13.1 Å². The van der Waals surface area contributed by atoms with Crippen molar-refractivity contribution in [3.63, 3.8) is 0 Å². The number of benzene rings is 5. The van der Waals surface area contributed by atoms with Crippen molar-refractivity contribution in [1.29, 1.82) is 0 Å². The first-order valence-corrected chi connectivity index (χ1v) is 16.8. The van der Waals surface area contributed by atoms with Crippen molar-refractivity contribution in [2.45, 2.75) is 52.3 Å². The molecule has 0 aliphatic heterocycles. The molecule has 0 unspecified atom stereocenters. The molecular formula is C41H42N2O4S. The summed E-state index contributed by atoms with van der Waals surface area (Å²) in [5, 5.41) is 0. The molecule has 0 spiro atoms. The molecule has 6 nitrogen and oxygen atoms in total. The maximum absolute atomic E-state index is 14.1. The average molecular weight is 659 g/mol. The number of anilines is 1. The van der Waals surface area contributed by atoms with Gasteiger partial charge in [-0.3, -0.25) is 4.79 Å². The third kappa shape index (κ3) is 9.37. The van der Waals surface area contributed by atoms with E-state index in [1.807, 2.05) is 103 Å². The van der Waals surface area contributed by atoms with Crippen molar-refractivity contribution < 1.29 is 19.1 Å². The van der Waals surface area contributed by atoms with Gasteiger partial charge >= 0.3 is 5.97 Å². The van der Waals surface area contributed by atoms with Crippen LogP contribution >= 0.6 is 11.9 Å². The third-order valence-electron chi connectivity index (χ3n) is 7.92. The molecule has 0 atom stereocenters. The van der Waals surface area contributed by atoms with Gasteiger partial charge in [0.15, 0.2) is 0 Å². The van der Waals surface area contributed by atoms with Gasteiger partial charge in [-0.05, 0) is 86.6 Å². The molecule has 0 N–H and O–H groups in total. The van der Waals surface area contributed by atoms with Gasteiger partial charge in [-0.1, -0.05) is 108 Å². The van der Waals surface area contributed by atoms with Crippen LogP contribution in [0.3, 0.4) is 0 Å². The van der Waals surface area contributed by atoms with E-state index in [-0.39, 0.29) is 25.7 Å². The zero-order chi connectivity index (χ0) is 34.0. The maximum atomic E-state index is 14.1. The monoisotopic (exact) mass is 658 g/mol. The highest BCUT2D eigenvalue weighted by molar-refractivity contribution is 7.97. The van der Waals surface area contributed by atoms with Gasteiger partial charge in [-0.25, -0.2) is 9.10 Å². The van der Waals surface area contributed by atoms with Gasteiger partial charge in [0, 0.05) is 16.6 Å². The summed E-state index contributed by atoms with van der Waals surface area (Å²) in [7, 11) is 1.94. The number of rotatable bonds is 13. The number of carbonyl (C=O) groups is 2. The second-order valence-electron chi connectivity index (χ2n) is 12.1. The van der Waals surface area contributed by atoms with Gasteiger partial charge in [-0.15, -0.1) is 0 Å². The predicted molar refractivity (Wildman–Crippen MR) is 194 cm³/mol. The summed E-state index contributed by atoms with van der Waals surface area (Å²) in [5.74, 6) is -0.226. The van der Waals surface area contributed by atoms with Gasteiger partial charge in [0.1, 0.15) is 24.5 Å². The van der Waals surface area contributed by atoms with Crippen LogP contribution in [0.2, 0.25) is 0 Å². The summed E-state index contributed by atoms with van der Waals surface area (Å²) in [6.07, 6.45) is 0. The minimum atomic E-state index is -0.496. The molecular weight excluding hydrogens is 617 g/mol. The van der Waals surface area contributed by atoms with Crippen molar-refractivity contribution in [3.8, 4) is 5.75 Å². The number of amides is 1. The van der Waals surface area contributed by atoms with Gasteiger partial charge in [-0.2, -0.15) is 0 Å². The molecule has 0 bridgehead atoms. The van der Waals surface area contributed by atoms with E-state index in [0.29, 0.717) is 23.5 Å². The van der Waals surface area contributed by atoms with E-state index in [0.717, 1.165) is 27.1 Å². The maximum Gasteiger partial charge on any atom is 0.342 e. The molecule has 0 radical (unpaired) electrons. The lowest BCUT2D eigenvalue weighted by molar-refractivity contribution is -0.118. The lowest BCUT2D eigenvalue weighted by Crippen LogP contribution is -2.37. The largest absolute Gasteiger partial charge is 0.488 e. The molecule has 7 heteroatoms. The van der Waals surface area contributed by atoms with Crippen molar-refractivity contribution in [2.75, 3.05) is 18.5 Å². The molecule has 0 aliphatic carbocycles. The number of likely N-dealkylation sites (N-methyl/N-ethyl adjacent to an activating group) is 1. The highest BCUT2D eigenvalue weighted by Crippen LogP contribution is 2.32. The van der Waals surface area contributed by atoms with Crippen LogP contribution in [0.25, 0.3) is 0 Å². The van der Waals surface area contributed by atoms with Crippen LogP contribution < -0.4 is 9.64 Å². The van der Waals surface area contributed by atoms with E-state index in [4.69, 9.17) is 9.47 Å². The zero-order valence-electron chi connectivity index (χ0n) is 28.2. The summed E-state index contributed by atoms with van der Waals surface area (Å²) >= 11 is 1.57. The predicted octanol–water partition coefficient (Wildman–Crippen LogP) is 9.03. The highest BCUT2D eigenvalue weighted by atomic mass is 32.2. The number of nitrogens with zero attached hydrogens (tertiary/aromatic N) is 2. The van der Waals surface area contributed by atoms with Crippen molar-refractivity contribution in [1.82, 2.24) is 4.31 Å². The standard InChI is InChI=1S/C41H42N2O4S/c1-29-16-18-33(19-17-29)25-43(39(44)26-42(5)48-40-31(3)22-30(2)23-32(40)4)36-20-21-37(41(45)47-28-35-14-10-7-11-15-35)38(24-36)46-27-34-12-8-6-9-13-34/h6-24H,25-28H2,1-5H3. The number of carbonyl (C=O) groups excluding carboxylic acids is 2. The van der Waals surface area contributed by atoms with Crippen LogP contribution in [0.5, 0.6) is 5.75 Å². The first-order chi connectivity index (χ1) is 23.2. The Hall–Kier alpha value is -4.85. The summed E-state index contributed by atoms with van der Waals surface area (Å²) in [4.78, 5) is 30.4. The molecule has 246 valence electrons. The van der Waals surface area contributed by atoms with Gasteiger partial charge < -0.3 is 14.4 Å². The third-order valence-corrected chi connectivity index (χ3v) is 9.19. The molecule has 0 saturated heterocycles. The number of ether oxygens (including phenoxy) is 2. The van der Waals surface area contributed by atoms with Crippen LogP contribution in [-0.4, -0.2) is 29.8 Å². The zero-order valence-corrected chi connectivity index (χ0v) is 29.1. The number of aryl methyl sites for hydroxylation is 4. The lowest BCUT2D eigenvalue weighted by atomic mass is 10.1. The van der Waals surface area contributed by atoms with E-state index < -0.39 is 5.97 Å². The Kier molecular flexibility index (Phi) is 11.7. The van der Waals surface area contributed by atoms with E-state index in [2.05, 4.69) is 32.9 Å². The fraction of sp³-hybridized carbons (Fsp3) is 0.220. The summed E-state index contributed by atoms with van der Waals surface area (Å²) in [5.41, 5.74) is 8.50. The van der Waals surface area contributed by atoms with Crippen LogP contribution in [0.15, 0.2) is 120 Å². The Morgan fingerprint density at radius 3 is 1.90 bits per heavy atom. The Labute approximate surface area is 288 Å². The van der Waals surface area contributed by atoms with Crippen LogP contribution in [0.4, 0.5) is 5.69 Å². The number of hydrogen-bond donors (Lipinski definition) is 0. The molecule has 0 heterocycles. The minimum Gasteiger partial charge on any atom is -0.488 e. The fourth-order valence-electron chi connectivity index (χ4n) is 5.48. The minimum absolute atomic E-state index is 0.0820. The first kappa shape index (κ1) is 34.5. The van der Waals surface area contributed by atoms with Crippen LogP contribution in [0.1, 0.15) is 49.3 Å². The quantitative estimate of drug-likeness (QED) is 0.0930. The lowest BCUT2D eigenvalue weighted by Gasteiger charge is -2.27. The summed E-state index contributed by atoms with van der Waals surface area (Å²) in [6, 6.07) is 37.1. The SMILES string of the molecule is Cc1ccc(CN(C(=O)CN(C)Sc2c(C)cc(C)cc2C)c2ccc(C(=O)OCc3ccccc3)c(OCc3ccccc3)c2)cc1. The Bertz CT molecular complexity index is 1820. The van der Waals surface area contributed by atoms with Crippen LogP contribution in [-0.2, 0) is 29.3 Å². The first-order valence-electron chi connectivity index (χ1n) is 16.0. The van der Waals surface area contributed by atoms with Gasteiger partial charge in [0.2, 0.25) is 5.91 Å². The van der Waals surface area contributed by atoms with E-state index in [9.17, 15) is 9.59 Å². The molecule has 0 aliphatic rings. The normalized spacial score (nSPS) is 11.0. The van der Waals surface area contributed by atoms with Crippen molar-refractivity contribution >= 4 is 29.5 Å². The van der Waals surface area contributed by atoms with E-state index in [1.165, 1.54) is 16.7 Å². The highest BCUT2D eigenvalue weighted by Gasteiger charge is 2.23. The summed E-state index contributed by atoms with van der Waals surface area (Å²) < 4.78 is 13.9. The Morgan fingerprint density at radius 2 is 1.27 bits per heavy atom. The molecule has 5 aromatic carbocycles. The smallest absolute Gasteiger partial charge is 0.342 e. The Balaban J connectivity index is 1.44. The van der Waals surface area contributed by atoms with Crippen molar-refractivity contribution in [3.05, 3.63) is 160 Å². The molecule has 0 saturated carbocycles. The average Bonchev–Trinajstić information content (AvgIpc) is 3.08. The molecule has 0 aromatic heterocycles. The number of esters is 1. The fourth-order valence-corrected chi connectivity index (χ4v) is 6.37. The molecule has 1 amide bonds. The second-order valence-corrected chi connectivity index (χ2v) is 13.3. The topological polar surface area (TPSA) is 59.1 Å². The summed E-state index contributed by atoms with van der Waals surface area (Å²) in [6.45, 7) is 9.26. The van der Waals surface area contributed by atoms with Gasteiger partial charge in [0.25, 0.3) is 0 Å². The Morgan fingerprint density at radius 1 is 0.667 bits per heavy atom. The molecule has 5 rings (SSSR count). The van der Waals surface area contributed by atoms with E-state index >= 15 is 0 Å². The molecule has 0 fully saturated rings.